The van der Waals surface area contributed by atoms with Gasteiger partial charge in [0.1, 0.15) is 11.2 Å². The summed E-state index contributed by atoms with van der Waals surface area (Å²) in [5.74, 6) is 0. The van der Waals surface area contributed by atoms with Crippen LogP contribution in [0.5, 0.6) is 0 Å². The van der Waals surface area contributed by atoms with Crippen LogP contribution in [0.1, 0.15) is 25.0 Å². The number of fused-ring (bicyclic) bond motifs is 8. The van der Waals surface area contributed by atoms with Crippen LogP contribution in [0.25, 0.3) is 66.1 Å². The van der Waals surface area contributed by atoms with Gasteiger partial charge in [0, 0.05) is 38.5 Å². The molecule has 0 unspecified atom stereocenters. The highest BCUT2D eigenvalue weighted by Crippen LogP contribution is 2.49. The summed E-state index contributed by atoms with van der Waals surface area (Å²) in [5, 5.41) is 8.22. The van der Waals surface area contributed by atoms with Crippen LogP contribution < -0.4 is 5.32 Å². The van der Waals surface area contributed by atoms with Crippen LogP contribution in [0.15, 0.2) is 150 Å². The number of rotatable bonds is 4. The van der Waals surface area contributed by atoms with Crippen molar-refractivity contribution in [2.24, 2.45) is 0 Å². The van der Waals surface area contributed by atoms with Crippen LogP contribution in [-0.2, 0) is 5.41 Å². The first kappa shape index (κ1) is 25.9. The quantitative estimate of drug-likeness (QED) is 0.225. The summed E-state index contributed by atoms with van der Waals surface area (Å²) >= 11 is 0. The largest absolute Gasteiger partial charge is 0.455 e. The van der Waals surface area contributed by atoms with Gasteiger partial charge in [-0.1, -0.05) is 123 Å². The molecule has 1 heterocycles. The molecule has 214 valence electrons. The molecule has 0 amide bonds. The van der Waals surface area contributed by atoms with Crippen LogP contribution >= 0.6 is 0 Å². The van der Waals surface area contributed by atoms with Gasteiger partial charge in [-0.3, -0.25) is 0 Å². The SMILES string of the molecule is CC1(C)c2ccccc2-c2ccc(-c3ccc(Nc4ccc(-c5cccc6c5oc5c7ccccc7ccc65)cc4)cc3)cc21. The zero-order valence-electron chi connectivity index (χ0n) is 25.3. The van der Waals surface area contributed by atoms with Crippen LogP contribution in [0.4, 0.5) is 11.4 Å². The van der Waals surface area contributed by atoms with E-state index in [-0.39, 0.29) is 5.41 Å². The molecule has 1 aromatic heterocycles. The summed E-state index contributed by atoms with van der Waals surface area (Å²) in [4.78, 5) is 0. The topological polar surface area (TPSA) is 25.2 Å². The molecule has 45 heavy (non-hydrogen) atoms. The van der Waals surface area contributed by atoms with Gasteiger partial charge in [-0.05, 0) is 80.7 Å². The third kappa shape index (κ3) is 4.03. The first-order valence-electron chi connectivity index (χ1n) is 15.6. The van der Waals surface area contributed by atoms with E-state index < -0.39 is 0 Å². The van der Waals surface area contributed by atoms with E-state index in [1.165, 1.54) is 38.8 Å². The number of hydrogen-bond donors (Lipinski definition) is 1. The Morgan fingerprint density at radius 1 is 0.444 bits per heavy atom. The van der Waals surface area contributed by atoms with Crippen molar-refractivity contribution >= 4 is 44.1 Å². The summed E-state index contributed by atoms with van der Waals surface area (Å²) in [6, 6.07) is 52.3. The lowest BCUT2D eigenvalue weighted by Crippen LogP contribution is -2.14. The van der Waals surface area contributed by atoms with E-state index >= 15 is 0 Å². The Labute approximate surface area is 262 Å². The molecule has 0 saturated heterocycles. The summed E-state index contributed by atoms with van der Waals surface area (Å²) < 4.78 is 6.56. The van der Waals surface area contributed by atoms with Gasteiger partial charge >= 0.3 is 0 Å². The zero-order valence-corrected chi connectivity index (χ0v) is 25.3. The maximum absolute atomic E-state index is 6.56. The van der Waals surface area contributed by atoms with E-state index in [0.717, 1.165) is 49.8 Å². The van der Waals surface area contributed by atoms with Crippen molar-refractivity contribution < 1.29 is 4.42 Å². The number of hydrogen-bond acceptors (Lipinski definition) is 2. The van der Waals surface area contributed by atoms with Gasteiger partial charge in [0.25, 0.3) is 0 Å². The molecular formula is C43H31NO. The third-order valence-electron chi connectivity index (χ3n) is 9.68. The minimum atomic E-state index is -0.0000897. The molecule has 9 rings (SSSR count). The van der Waals surface area contributed by atoms with Gasteiger partial charge in [0.05, 0.1) is 0 Å². The average Bonchev–Trinajstić information content (AvgIpc) is 3.58. The van der Waals surface area contributed by atoms with Gasteiger partial charge in [0.2, 0.25) is 0 Å². The van der Waals surface area contributed by atoms with E-state index in [4.69, 9.17) is 4.42 Å². The summed E-state index contributed by atoms with van der Waals surface area (Å²) in [6.07, 6.45) is 0. The molecule has 1 aliphatic rings. The Balaban J connectivity index is 0.980. The van der Waals surface area contributed by atoms with Crippen LogP contribution in [0.2, 0.25) is 0 Å². The smallest absolute Gasteiger partial charge is 0.143 e. The summed E-state index contributed by atoms with van der Waals surface area (Å²) in [6.45, 7) is 4.66. The van der Waals surface area contributed by atoms with Gasteiger partial charge < -0.3 is 9.73 Å². The standard InChI is InChI=1S/C43H31NO/c1-43(2)39-13-6-5-10-35(39)36-24-19-30(26-40(36)43)27-14-20-31(21-15-27)44-32-22-16-29(17-23-32)34-11-7-12-37-38-25-18-28-8-3-4-9-33(28)42(38)45-41(34)37/h3-26,44H,1-2H3. The minimum Gasteiger partial charge on any atom is -0.455 e. The van der Waals surface area contributed by atoms with Gasteiger partial charge in [-0.2, -0.15) is 0 Å². The molecule has 1 aliphatic carbocycles. The Morgan fingerprint density at radius 2 is 1.07 bits per heavy atom. The fraction of sp³-hybridized carbons (Fsp3) is 0.0698. The lowest BCUT2D eigenvalue weighted by molar-refractivity contribution is 0.660. The van der Waals surface area contributed by atoms with Crippen LogP contribution in [0.3, 0.4) is 0 Å². The highest BCUT2D eigenvalue weighted by atomic mass is 16.3. The number of furan rings is 1. The van der Waals surface area contributed by atoms with Crippen molar-refractivity contribution in [3.05, 3.63) is 157 Å². The van der Waals surface area contributed by atoms with Crippen molar-refractivity contribution in [2.45, 2.75) is 19.3 Å². The van der Waals surface area contributed by atoms with E-state index in [1.54, 1.807) is 0 Å². The predicted octanol–water partition coefficient (Wildman–Crippen LogP) is 12.1. The first-order chi connectivity index (χ1) is 22.0. The lowest BCUT2D eigenvalue weighted by Gasteiger charge is -2.22. The number of nitrogens with one attached hydrogen (secondary N) is 1. The van der Waals surface area contributed by atoms with Crippen LogP contribution in [-0.4, -0.2) is 0 Å². The van der Waals surface area contributed by atoms with Crippen molar-refractivity contribution in [1.29, 1.82) is 0 Å². The normalized spacial score (nSPS) is 13.3. The first-order valence-corrected chi connectivity index (χ1v) is 15.6. The predicted molar refractivity (Wildman–Crippen MR) is 189 cm³/mol. The fourth-order valence-corrected chi connectivity index (χ4v) is 7.28. The van der Waals surface area contributed by atoms with Crippen molar-refractivity contribution in [2.75, 3.05) is 5.32 Å². The second-order valence-electron chi connectivity index (χ2n) is 12.7. The van der Waals surface area contributed by atoms with Gasteiger partial charge in [-0.15, -0.1) is 0 Å². The lowest BCUT2D eigenvalue weighted by atomic mass is 9.81. The Bertz CT molecular complexity index is 2410. The number of benzene rings is 7. The van der Waals surface area contributed by atoms with Crippen molar-refractivity contribution in [3.8, 4) is 33.4 Å². The van der Waals surface area contributed by atoms with Gasteiger partial charge in [-0.25, -0.2) is 0 Å². The fourth-order valence-electron chi connectivity index (χ4n) is 7.28. The molecule has 1 N–H and O–H groups in total. The van der Waals surface area contributed by atoms with E-state index in [2.05, 4.69) is 165 Å². The maximum Gasteiger partial charge on any atom is 0.143 e. The molecule has 0 atom stereocenters. The molecule has 0 saturated carbocycles. The molecule has 2 nitrogen and oxygen atoms in total. The molecule has 0 radical (unpaired) electrons. The Kier molecular flexibility index (Phi) is 5.58. The summed E-state index contributed by atoms with van der Waals surface area (Å²) in [7, 11) is 0. The highest BCUT2D eigenvalue weighted by molar-refractivity contribution is 6.17. The molecule has 0 bridgehead atoms. The second-order valence-corrected chi connectivity index (χ2v) is 12.7. The second kappa shape index (κ2) is 9.70. The number of anilines is 2. The van der Waals surface area contributed by atoms with E-state index in [0.29, 0.717) is 0 Å². The molecule has 2 heteroatoms. The van der Waals surface area contributed by atoms with Crippen LogP contribution in [0, 0.1) is 0 Å². The molecular weight excluding hydrogens is 546 g/mol. The molecule has 7 aromatic carbocycles. The Hall–Kier alpha value is -5.60. The zero-order chi connectivity index (χ0) is 30.1. The monoisotopic (exact) mass is 577 g/mol. The summed E-state index contributed by atoms with van der Waals surface area (Å²) in [5.41, 5.74) is 14.2. The molecule has 0 fully saturated rings. The van der Waals surface area contributed by atoms with Crippen molar-refractivity contribution in [1.82, 2.24) is 0 Å². The van der Waals surface area contributed by atoms with E-state index in [9.17, 15) is 0 Å². The Morgan fingerprint density at radius 3 is 1.89 bits per heavy atom. The molecule has 8 aromatic rings. The van der Waals surface area contributed by atoms with E-state index in [1.807, 2.05) is 0 Å². The van der Waals surface area contributed by atoms with Crippen molar-refractivity contribution in [3.63, 3.8) is 0 Å². The molecule has 0 spiro atoms. The number of para-hydroxylation sites is 1. The average molecular weight is 578 g/mol. The molecule has 0 aliphatic heterocycles. The third-order valence-corrected chi connectivity index (χ3v) is 9.68. The van der Waals surface area contributed by atoms with Gasteiger partial charge in [0.15, 0.2) is 0 Å². The maximum atomic E-state index is 6.56. The highest BCUT2D eigenvalue weighted by Gasteiger charge is 2.35. The minimum absolute atomic E-state index is 0.0000897.